The van der Waals surface area contributed by atoms with Gasteiger partial charge in [0.05, 0.1) is 11.0 Å². The van der Waals surface area contributed by atoms with Crippen LogP contribution in [0.15, 0.2) is 24.3 Å². The zero-order chi connectivity index (χ0) is 18.1. The van der Waals surface area contributed by atoms with Crippen LogP contribution in [0, 0.1) is 0 Å². The molecule has 25 heavy (non-hydrogen) atoms. The van der Waals surface area contributed by atoms with Crippen LogP contribution in [0.1, 0.15) is 45.4 Å². The summed E-state index contributed by atoms with van der Waals surface area (Å²) in [5.41, 5.74) is 1.82. The predicted molar refractivity (Wildman–Crippen MR) is 99.3 cm³/mol. The summed E-state index contributed by atoms with van der Waals surface area (Å²) in [6.07, 6.45) is 4.01. The Kier molecular flexibility index (Phi) is 7.44. The Hall–Kier alpha value is -2.37. The average Bonchev–Trinajstić information content (AvgIpc) is 2.93. The van der Waals surface area contributed by atoms with Gasteiger partial charge in [-0.1, -0.05) is 32.4 Å². The number of unbranched alkanes of at least 4 members (excludes halogenated alkanes) is 1. The molecule has 0 aliphatic rings. The minimum absolute atomic E-state index is 0.00660. The first-order valence-electron chi connectivity index (χ1n) is 9.13. The molecular formula is C19H28N4O2. The number of fused-ring (bicyclic) bond motifs is 1. The lowest BCUT2D eigenvalue weighted by atomic mass is 10.3. The Morgan fingerprint density at radius 2 is 1.80 bits per heavy atom. The Labute approximate surface area is 149 Å². The van der Waals surface area contributed by atoms with Crippen molar-refractivity contribution < 1.29 is 9.59 Å². The van der Waals surface area contributed by atoms with Gasteiger partial charge in [-0.15, -0.1) is 0 Å². The fourth-order valence-electron chi connectivity index (χ4n) is 2.73. The van der Waals surface area contributed by atoms with E-state index in [1.807, 2.05) is 35.8 Å². The molecule has 2 amide bonds. The van der Waals surface area contributed by atoms with Gasteiger partial charge in [-0.25, -0.2) is 4.98 Å². The van der Waals surface area contributed by atoms with E-state index in [1.54, 1.807) is 0 Å². The number of benzene rings is 1. The van der Waals surface area contributed by atoms with Crippen LogP contribution >= 0.6 is 0 Å². The van der Waals surface area contributed by atoms with Gasteiger partial charge >= 0.3 is 0 Å². The lowest BCUT2D eigenvalue weighted by Crippen LogP contribution is -2.30. The highest BCUT2D eigenvalue weighted by Gasteiger charge is 2.13. The SMILES string of the molecule is CCCCNC(=O)Cn1c(CCNC(=O)CCC)nc2ccccc21. The minimum Gasteiger partial charge on any atom is -0.356 e. The van der Waals surface area contributed by atoms with Crippen molar-refractivity contribution in [2.45, 2.75) is 52.5 Å². The first-order valence-corrected chi connectivity index (χ1v) is 9.13. The highest BCUT2D eigenvalue weighted by Crippen LogP contribution is 2.16. The topological polar surface area (TPSA) is 76.0 Å². The fraction of sp³-hybridized carbons (Fsp3) is 0.526. The van der Waals surface area contributed by atoms with Crippen LogP contribution in [0.3, 0.4) is 0 Å². The number of imidazole rings is 1. The maximum atomic E-state index is 12.2. The van der Waals surface area contributed by atoms with Crippen molar-refractivity contribution in [2.75, 3.05) is 13.1 Å². The van der Waals surface area contributed by atoms with Crippen LogP contribution in [0.2, 0.25) is 0 Å². The van der Waals surface area contributed by atoms with Crippen LogP contribution in [0.5, 0.6) is 0 Å². The van der Waals surface area contributed by atoms with Crippen molar-refractivity contribution in [2.24, 2.45) is 0 Å². The summed E-state index contributed by atoms with van der Waals surface area (Å²) < 4.78 is 1.95. The molecule has 6 heteroatoms. The molecule has 6 nitrogen and oxygen atoms in total. The van der Waals surface area contributed by atoms with Crippen molar-refractivity contribution in [3.05, 3.63) is 30.1 Å². The van der Waals surface area contributed by atoms with E-state index < -0.39 is 0 Å². The number of para-hydroxylation sites is 2. The summed E-state index contributed by atoms with van der Waals surface area (Å²) in [4.78, 5) is 28.5. The maximum Gasteiger partial charge on any atom is 0.240 e. The third-order valence-electron chi connectivity index (χ3n) is 4.04. The number of nitrogens with one attached hydrogen (secondary N) is 2. The molecule has 0 unspecified atom stereocenters. The van der Waals surface area contributed by atoms with Crippen molar-refractivity contribution in [1.29, 1.82) is 0 Å². The van der Waals surface area contributed by atoms with Gasteiger partial charge in [-0.05, 0) is 25.0 Å². The van der Waals surface area contributed by atoms with Gasteiger partial charge in [-0.3, -0.25) is 9.59 Å². The molecule has 0 fully saturated rings. The molecular weight excluding hydrogens is 316 g/mol. The monoisotopic (exact) mass is 344 g/mol. The van der Waals surface area contributed by atoms with Gasteiger partial charge in [0.15, 0.2) is 0 Å². The highest BCUT2D eigenvalue weighted by atomic mass is 16.2. The standard InChI is InChI=1S/C19H28N4O2/c1-3-5-12-20-19(25)14-23-16-10-7-6-9-15(16)22-17(23)11-13-21-18(24)8-4-2/h6-7,9-10H,3-5,8,11-14H2,1-2H3,(H,20,25)(H,21,24). The van der Waals surface area contributed by atoms with Crippen molar-refractivity contribution in [3.8, 4) is 0 Å². The molecule has 2 N–H and O–H groups in total. The zero-order valence-corrected chi connectivity index (χ0v) is 15.2. The number of carbonyl (C=O) groups is 2. The second-order valence-corrected chi connectivity index (χ2v) is 6.16. The second kappa shape index (κ2) is 9.81. The minimum atomic E-state index is -0.00660. The lowest BCUT2D eigenvalue weighted by Gasteiger charge is -2.10. The smallest absolute Gasteiger partial charge is 0.240 e. The summed E-state index contributed by atoms with van der Waals surface area (Å²) in [6, 6.07) is 7.80. The molecule has 0 bridgehead atoms. The molecule has 1 aromatic carbocycles. The second-order valence-electron chi connectivity index (χ2n) is 6.16. The Balaban J connectivity index is 2.07. The molecule has 1 heterocycles. The van der Waals surface area contributed by atoms with E-state index in [2.05, 4.69) is 22.5 Å². The van der Waals surface area contributed by atoms with E-state index in [0.717, 1.165) is 36.1 Å². The predicted octanol–water partition coefficient (Wildman–Crippen LogP) is 2.41. The molecule has 136 valence electrons. The molecule has 1 aromatic heterocycles. The number of aromatic nitrogens is 2. The van der Waals surface area contributed by atoms with Gasteiger partial charge in [0, 0.05) is 25.9 Å². The highest BCUT2D eigenvalue weighted by molar-refractivity contribution is 5.81. The lowest BCUT2D eigenvalue weighted by molar-refractivity contribution is -0.122. The van der Waals surface area contributed by atoms with Gasteiger partial charge in [0.2, 0.25) is 11.8 Å². The number of amides is 2. The van der Waals surface area contributed by atoms with E-state index >= 15 is 0 Å². The normalized spacial score (nSPS) is 10.8. The first kappa shape index (κ1) is 19.0. The van der Waals surface area contributed by atoms with E-state index in [1.165, 1.54) is 0 Å². The molecule has 2 rings (SSSR count). The number of hydrogen-bond acceptors (Lipinski definition) is 3. The van der Waals surface area contributed by atoms with E-state index in [-0.39, 0.29) is 18.4 Å². The third-order valence-corrected chi connectivity index (χ3v) is 4.04. The van der Waals surface area contributed by atoms with Crippen LogP contribution in [-0.4, -0.2) is 34.5 Å². The third kappa shape index (κ3) is 5.59. The Bertz CT molecular complexity index is 709. The van der Waals surface area contributed by atoms with E-state index in [9.17, 15) is 9.59 Å². The Morgan fingerprint density at radius 3 is 2.56 bits per heavy atom. The molecule has 0 saturated carbocycles. The molecule has 2 aromatic rings. The number of hydrogen-bond donors (Lipinski definition) is 2. The summed E-state index contributed by atoms with van der Waals surface area (Å²) in [5, 5.41) is 5.85. The molecule has 0 saturated heterocycles. The zero-order valence-electron chi connectivity index (χ0n) is 15.2. The number of rotatable bonds is 10. The van der Waals surface area contributed by atoms with Gasteiger partial charge in [0.25, 0.3) is 0 Å². The molecule has 0 atom stereocenters. The molecule has 0 aliphatic heterocycles. The summed E-state index contributed by atoms with van der Waals surface area (Å²) in [6.45, 7) is 5.56. The van der Waals surface area contributed by atoms with Crippen molar-refractivity contribution >= 4 is 22.8 Å². The quantitative estimate of drug-likeness (QED) is 0.650. The van der Waals surface area contributed by atoms with Crippen LogP contribution < -0.4 is 10.6 Å². The summed E-state index contributed by atoms with van der Waals surface area (Å²) >= 11 is 0. The molecule has 0 radical (unpaired) electrons. The van der Waals surface area contributed by atoms with E-state index in [4.69, 9.17) is 0 Å². The van der Waals surface area contributed by atoms with Crippen LogP contribution in [0.25, 0.3) is 11.0 Å². The maximum absolute atomic E-state index is 12.2. The molecule has 0 spiro atoms. The first-order chi connectivity index (χ1) is 12.2. The Morgan fingerprint density at radius 1 is 1.04 bits per heavy atom. The number of nitrogens with zero attached hydrogens (tertiary/aromatic N) is 2. The van der Waals surface area contributed by atoms with Crippen LogP contribution in [0.4, 0.5) is 0 Å². The van der Waals surface area contributed by atoms with Gasteiger partial charge in [0.1, 0.15) is 12.4 Å². The van der Waals surface area contributed by atoms with E-state index in [0.29, 0.717) is 25.9 Å². The largest absolute Gasteiger partial charge is 0.356 e. The number of carbonyl (C=O) groups excluding carboxylic acids is 2. The van der Waals surface area contributed by atoms with Gasteiger partial charge < -0.3 is 15.2 Å². The summed E-state index contributed by atoms with van der Waals surface area (Å²) in [5.74, 6) is 0.874. The van der Waals surface area contributed by atoms with Crippen molar-refractivity contribution in [1.82, 2.24) is 20.2 Å². The van der Waals surface area contributed by atoms with Crippen LogP contribution in [-0.2, 0) is 22.6 Å². The molecule has 0 aliphatic carbocycles. The van der Waals surface area contributed by atoms with Gasteiger partial charge in [-0.2, -0.15) is 0 Å². The fourth-order valence-corrected chi connectivity index (χ4v) is 2.73. The average molecular weight is 344 g/mol. The summed E-state index contributed by atoms with van der Waals surface area (Å²) in [7, 11) is 0. The van der Waals surface area contributed by atoms with Crippen molar-refractivity contribution in [3.63, 3.8) is 0 Å².